The first kappa shape index (κ1) is 16.6. The minimum absolute atomic E-state index is 0.00528. The van der Waals surface area contributed by atoms with E-state index >= 15 is 0 Å². The minimum atomic E-state index is -4.00. The highest BCUT2D eigenvalue weighted by molar-refractivity contribution is 7.51. The van der Waals surface area contributed by atoms with Gasteiger partial charge < -0.3 is 9.79 Å². The third-order valence-electron chi connectivity index (χ3n) is 5.32. The standard InChI is InChI=1S/C22H18NO3P/c24-27(25,26)12-11-14-9-10-16-15-5-1-2-6-17(15)21-18-7-3-4-8-20(18)23-22(21)19(16)13-14/h1-10,13-14H,11-12H2,(H2,24,25,26). The fourth-order valence-corrected chi connectivity index (χ4v) is 4.73. The second-order valence-corrected chi connectivity index (χ2v) is 8.87. The zero-order chi connectivity index (χ0) is 18.6. The molecule has 0 saturated carbocycles. The van der Waals surface area contributed by atoms with Gasteiger partial charge in [-0.25, -0.2) is 4.99 Å². The topological polar surface area (TPSA) is 69.9 Å². The quantitative estimate of drug-likeness (QED) is 0.536. The molecule has 0 saturated heterocycles. The van der Waals surface area contributed by atoms with Gasteiger partial charge in [-0.2, -0.15) is 0 Å². The summed E-state index contributed by atoms with van der Waals surface area (Å²) in [6.07, 6.45) is 6.56. The Bertz CT molecular complexity index is 1290. The number of hydrogen-bond donors (Lipinski definition) is 2. The molecule has 0 spiro atoms. The van der Waals surface area contributed by atoms with Crippen molar-refractivity contribution in [1.29, 1.82) is 0 Å². The van der Waals surface area contributed by atoms with Crippen molar-refractivity contribution < 1.29 is 14.4 Å². The van der Waals surface area contributed by atoms with Crippen molar-refractivity contribution in [3.8, 4) is 11.1 Å². The lowest BCUT2D eigenvalue weighted by Crippen LogP contribution is -2.31. The highest BCUT2D eigenvalue weighted by Crippen LogP contribution is 2.39. The molecule has 1 unspecified atom stereocenters. The van der Waals surface area contributed by atoms with E-state index in [1.54, 1.807) is 0 Å². The van der Waals surface area contributed by atoms with Crippen LogP contribution < -0.4 is 10.6 Å². The van der Waals surface area contributed by atoms with Gasteiger partial charge in [-0.05, 0) is 34.7 Å². The number of hydrogen-bond acceptors (Lipinski definition) is 2. The first-order chi connectivity index (χ1) is 13.0. The van der Waals surface area contributed by atoms with Crippen molar-refractivity contribution in [2.75, 3.05) is 6.16 Å². The molecule has 27 heavy (non-hydrogen) atoms. The zero-order valence-corrected chi connectivity index (χ0v) is 15.4. The summed E-state index contributed by atoms with van der Waals surface area (Å²) in [5, 5.41) is 4.40. The van der Waals surface area contributed by atoms with Crippen LogP contribution in [0.4, 0.5) is 5.69 Å². The lowest BCUT2D eigenvalue weighted by molar-refractivity contribution is 0.370. The van der Waals surface area contributed by atoms with Crippen molar-refractivity contribution in [1.82, 2.24) is 0 Å². The van der Waals surface area contributed by atoms with Gasteiger partial charge in [0, 0.05) is 16.3 Å². The molecule has 0 radical (unpaired) electrons. The van der Waals surface area contributed by atoms with Crippen molar-refractivity contribution >= 4 is 36.2 Å². The van der Waals surface area contributed by atoms with Crippen LogP contribution in [-0.2, 0) is 4.57 Å². The van der Waals surface area contributed by atoms with Gasteiger partial charge in [-0.3, -0.25) is 4.57 Å². The zero-order valence-electron chi connectivity index (χ0n) is 14.5. The molecule has 2 aliphatic rings. The highest BCUT2D eigenvalue weighted by Gasteiger charge is 2.22. The maximum absolute atomic E-state index is 11.3. The first-order valence-corrected chi connectivity index (χ1v) is 10.8. The van der Waals surface area contributed by atoms with Crippen LogP contribution in [0.25, 0.3) is 34.1 Å². The Kier molecular flexibility index (Phi) is 3.70. The summed E-state index contributed by atoms with van der Waals surface area (Å²) in [5.74, 6) is -0.00528. The molecule has 5 rings (SSSR count). The Hall–Kier alpha value is -2.52. The molecule has 5 heteroatoms. The Morgan fingerprint density at radius 3 is 2.56 bits per heavy atom. The van der Waals surface area contributed by atoms with Crippen LogP contribution in [0.3, 0.4) is 0 Å². The van der Waals surface area contributed by atoms with E-state index in [0.29, 0.717) is 6.42 Å². The minimum Gasteiger partial charge on any atom is -0.324 e. The van der Waals surface area contributed by atoms with E-state index in [4.69, 9.17) is 4.99 Å². The summed E-state index contributed by atoms with van der Waals surface area (Å²) in [7, 11) is -4.00. The van der Waals surface area contributed by atoms with E-state index in [2.05, 4.69) is 36.4 Å². The number of nitrogens with zero attached hydrogens (tertiary/aromatic N) is 1. The molecular formula is C22H18NO3P. The molecule has 0 aromatic heterocycles. The van der Waals surface area contributed by atoms with Crippen LogP contribution in [0.2, 0.25) is 0 Å². The average Bonchev–Trinajstić information content (AvgIpc) is 3.06. The van der Waals surface area contributed by atoms with Gasteiger partial charge in [0.15, 0.2) is 0 Å². The predicted octanol–water partition coefficient (Wildman–Crippen LogP) is 3.76. The summed E-state index contributed by atoms with van der Waals surface area (Å²) < 4.78 is 11.3. The van der Waals surface area contributed by atoms with Gasteiger partial charge in [0.1, 0.15) is 0 Å². The normalized spacial score (nSPS) is 17.0. The predicted molar refractivity (Wildman–Crippen MR) is 108 cm³/mol. The van der Waals surface area contributed by atoms with Crippen molar-refractivity contribution in [2.24, 2.45) is 10.9 Å². The fourth-order valence-electron chi connectivity index (χ4n) is 4.10. The van der Waals surface area contributed by atoms with E-state index in [1.165, 1.54) is 10.8 Å². The van der Waals surface area contributed by atoms with Crippen LogP contribution >= 0.6 is 7.60 Å². The largest absolute Gasteiger partial charge is 0.325 e. The molecule has 134 valence electrons. The monoisotopic (exact) mass is 375 g/mol. The molecule has 1 aliphatic heterocycles. The third kappa shape index (κ3) is 2.78. The molecule has 3 aromatic carbocycles. The molecule has 4 nitrogen and oxygen atoms in total. The van der Waals surface area contributed by atoms with Gasteiger partial charge >= 0.3 is 7.60 Å². The molecule has 1 aliphatic carbocycles. The highest BCUT2D eigenvalue weighted by atomic mass is 31.2. The Morgan fingerprint density at radius 1 is 1.00 bits per heavy atom. The number of allylic oxidation sites excluding steroid dienone is 1. The summed E-state index contributed by atoms with van der Waals surface area (Å²) >= 11 is 0. The van der Waals surface area contributed by atoms with Gasteiger partial charge in [0.2, 0.25) is 0 Å². The summed E-state index contributed by atoms with van der Waals surface area (Å²) in [6.45, 7) is 0. The smallest absolute Gasteiger partial charge is 0.324 e. The summed E-state index contributed by atoms with van der Waals surface area (Å²) in [4.78, 5) is 23.3. The fraction of sp³-hybridized carbons (Fsp3) is 0.136. The second-order valence-electron chi connectivity index (χ2n) is 7.09. The molecule has 1 atom stereocenters. The number of fused-ring (bicyclic) bond motifs is 8. The average molecular weight is 375 g/mol. The van der Waals surface area contributed by atoms with E-state index in [-0.39, 0.29) is 12.1 Å². The van der Waals surface area contributed by atoms with E-state index in [0.717, 1.165) is 33.0 Å². The van der Waals surface area contributed by atoms with Crippen LogP contribution in [0.5, 0.6) is 0 Å². The Balaban J connectivity index is 1.79. The molecule has 2 N–H and O–H groups in total. The van der Waals surface area contributed by atoms with Crippen molar-refractivity contribution in [2.45, 2.75) is 6.42 Å². The maximum atomic E-state index is 11.3. The van der Waals surface area contributed by atoms with Crippen LogP contribution in [0, 0.1) is 5.92 Å². The number of benzene rings is 3. The van der Waals surface area contributed by atoms with Gasteiger partial charge in [-0.15, -0.1) is 0 Å². The summed E-state index contributed by atoms with van der Waals surface area (Å²) in [5.41, 5.74) is 4.40. The Morgan fingerprint density at radius 2 is 1.74 bits per heavy atom. The van der Waals surface area contributed by atoms with Gasteiger partial charge in [0.25, 0.3) is 0 Å². The molecule has 1 heterocycles. The lowest BCUT2D eigenvalue weighted by Gasteiger charge is -2.16. The lowest BCUT2D eigenvalue weighted by atomic mass is 9.88. The van der Waals surface area contributed by atoms with Crippen LogP contribution in [-0.4, -0.2) is 15.9 Å². The van der Waals surface area contributed by atoms with Crippen molar-refractivity contribution in [3.05, 3.63) is 70.7 Å². The molecule has 3 aromatic rings. The number of para-hydroxylation sites is 1. The van der Waals surface area contributed by atoms with Crippen molar-refractivity contribution in [3.63, 3.8) is 0 Å². The number of rotatable bonds is 3. The maximum Gasteiger partial charge on any atom is 0.325 e. The molecule has 0 fully saturated rings. The first-order valence-electron chi connectivity index (χ1n) is 8.99. The van der Waals surface area contributed by atoms with Gasteiger partial charge in [-0.1, -0.05) is 60.7 Å². The molecule has 0 amide bonds. The second kappa shape index (κ2) is 6.00. The van der Waals surface area contributed by atoms with Gasteiger partial charge in [0.05, 0.1) is 17.2 Å². The Labute approximate surface area is 156 Å². The molecular weight excluding hydrogens is 357 g/mol. The van der Waals surface area contributed by atoms with E-state index in [9.17, 15) is 14.4 Å². The SMILES string of the molecule is O=P(O)(O)CCC1C=Cc2c(c3c(c4ccccc24)-c2ccccc2N=3)=C1. The third-order valence-corrected chi connectivity index (χ3v) is 6.16. The summed E-state index contributed by atoms with van der Waals surface area (Å²) in [6, 6.07) is 16.5. The van der Waals surface area contributed by atoms with Crippen LogP contribution in [0.15, 0.2) is 59.6 Å². The molecule has 0 bridgehead atoms. The van der Waals surface area contributed by atoms with E-state index in [1.807, 2.05) is 30.3 Å². The van der Waals surface area contributed by atoms with Crippen LogP contribution in [0.1, 0.15) is 12.0 Å². The van der Waals surface area contributed by atoms with E-state index < -0.39 is 7.60 Å².